The fraction of sp³-hybridized carbons (Fsp3) is 0.350. The summed E-state index contributed by atoms with van der Waals surface area (Å²) >= 11 is 1.58. The summed E-state index contributed by atoms with van der Waals surface area (Å²) in [5.74, 6) is 0.453. The number of anilines is 1. The Morgan fingerprint density at radius 2 is 1.93 bits per heavy atom. The predicted octanol–water partition coefficient (Wildman–Crippen LogP) is 5.72. The molecule has 3 rings (SSSR count). The molecule has 0 amide bonds. The number of nitrogens with zero attached hydrogens (tertiary/aromatic N) is 2. The molecule has 3 aromatic rings. The van der Waals surface area contributed by atoms with Gasteiger partial charge in [0.05, 0.1) is 10.4 Å². The van der Waals surface area contributed by atoms with Gasteiger partial charge in [0.1, 0.15) is 5.84 Å². The Balaban J connectivity index is 0.00000182. The number of rotatable bonds is 8. The largest absolute Gasteiger partial charge is 0.347 e. The van der Waals surface area contributed by atoms with E-state index in [4.69, 9.17) is 5.41 Å². The lowest BCUT2D eigenvalue weighted by Gasteiger charge is -2.18. The lowest BCUT2D eigenvalue weighted by molar-refractivity contribution is 0.294. The van der Waals surface area contributed by atoms with Gasteiger partial charge in [-0.25, -0.2) is 0 Å². The first kappa shape index (κ1) is 23.5. The molecule has 7 heteroatoms. The van der Waals surface area contributed by atoms with Gasteiger partial charge in [0.15, 0.2) is 0 Å². The van der Waals surface area contributed by atoms with E-state index in [1.807, 2.05) is 23.6 Å². The van der Waals surface area contributed by atoms with Crippen LogP contribution in [0.1, 0.15) is 25.1 Å². The van der Waals surface area contributed by atoms with E-state index < -0.39 is 0 Å². The van der Waals surface area contributed by atoms with Crippen molar-refractivity contribution in [2.45, 2.75) is 26.8 Å². The molecule has 0 unspecified atom stereocenters. The first-order valence-electron chi connectivity index (χ1n) is 8.92. The molecule has 4 nitrogen and oxygen atoms in total. The Bertz CT molecular complexity index is 826. The van der Waals surface area contributed by atoms with E-state index in [1.165, 1.54) is 10.9 Å². The predicted molar refractivity (Wildman–Crippen MR) is 124 cm³/mol. The van der Waals surface area contributed by atoms with E-state index in [2.05, 4.69) is 53.0 Å². The van der Waals surface area contributed by atoms with E-state index in [-0.39, 0.29) is 24.8 Å². The number of halogens is 2. The third-order valence-corrected chi connectivity index (χ3v) is 5.47. The van der Waals surface area contributed by atoms with Gasteiger partial charge >= 0.3 is 0 Å². The monoisotopic (exact) mass is 426 g/mol. The molecule has 0 aliphatic carbocycles. The van der Waals surface area contributed by atoms with Crippen molar-refractivity contribution in [2.24, 2.45) is 0 Å². The van der Waals surface area contributed by atoms with Gasteiger partial charge in [-0.1, -0.05) is 26.0 Å². The lowest BCUT2D eigenvalue weighted by atomic mass is 10.2. The third kappa shape index (κ3) is 5.98. The van der Waals surface area contributed by atoms with Crippen LogP contribution in [0.2, 0.25) is 0 Å². The number of nitrogens with one attached hydrogen (secondary N) is 2. The van der Waals surface area contributed by atoms with Gasteiger partial charge in [-0.2, -0.15) is 0 Å². The highest BCUT2D eigenvalue weighted by Gasteiger charge is 2.06. The zero-order valence-electron chi connectivity index (χ0n) is 15.8. The fourth-order valence-corrected chi connectivity index (χ4v) is 3.72. The van der Waals surface area contributed by atoms with Crippen molar-refractivity contribution < 1.29 is 0 Å². The Labute approximate surface area is 177 Å². The number of aryl methyl sites for hydroxylation is 1. The second kappa shape index (κ2) is 11.3. The quantitative estimate of drug-likeness (QED) is 0.357. The first-order chi connectivity index (χ1) is 12.2. The molecular formula is C20H28Cl2N4S. The second-order valence-electron chi connectivity index (χ2n) is 6.14. The highest BCUT2D eigenvalue weighted by Crippen LogP contribution is 2.22. The van der Waals surface area contributed by atoms with Crippen LogP contribution in [0.5, 0.6) is 0 Å². The summed E-state index contributed by atoms with van der Waals surface area (Å²) in [5, 5.41) is 14.7. The van der Waals surface area contributed by atoms with Crippen LogP contribution < -0.4 is 5.32 Å². The SMILES string of the molecule is CCN(CC)CCCn1ccc2ccc(NC(=N)c3cccs3)cc21.Cl.Cl. The van der Waals surface area contributed by atoms with Crippen LogP contribution in [0.15, 0.2) is 48.0 Å². The Morgan fingerprint density at radius 1 is 1.15 bits per heavy atom. The fourth-order valence-electron chi connectivity index (χ4n) is 3.09. The average Bonchev–Trinajstić information content (AvgIpc) is 3.29. The van der Waals surface area contributed by atoms with E-state index in [0.717, 1.165) is 43.2 Å². The van der Waals surface area contributed by atoms with Crippen molar-refractivity contribution in [2.75, 3.05) is 25.0 Å². The smallest absolute Gasteiger partial charge is 0.140 e. The molecule has 1 aromatic carbocycles. The molecule has 0 fully saturated rings. The van der Waals surface area contributed by atoms with Gasteiger partial charge in [0.25, 0.3) is 0 Å². The van der Waals surface area contributed by atoms with Crippen molar-refractivity contribution in [3.8, 4) is 0 Å². The summed E-state index contributed by atoms with van der Waals surface area (Å²) in [6.45, 7) is 8.81. The molecule has 2 N–H and O–H groups in total. The van der Waals surface area contributed by atoms with Crippen LogP contribution in [0.25, 0.3) is 10.9 Å². The first-order valence-corrected chi connectivity index (χ1v) is 9.80. The zero-order valence-corrected chi connectivity index (χ0v) is 18.2. The van der Waals surface area contributed by atoms with Crippen LogP contribution >= 0.6 is 36.2 Å². The minimum absolute atomic E-state index is 0. The highest BCUT2D eigenvalue weighted by molar-refractivity contribution is 7.12. The van der Waals surface area contributed by atoms with E-state index in [0.29, 0.717) is 5.84 Å². The van der Waals surface area contributed by atoms with Gasteiger partial charge in [-0.05, 0) is 61.1 Å². The van der Waals surface area contributed by atoms with Crippen LogP contribution in [0, 0.1) is 5.41 Å². The molecule has 0 saturated carbocycles. The van der Waals surface area contributed by atoms with Crippen molar-refractivity contribution >= 4 is 58.6 Å². The minimum atomic E-state index is 0. The molecule has 0 atom stereocenters. The van der Waals surface area contributed by atoms with E-state index in [9.17, 15) is 0 Å². The summed E-state index contributed by atoms with van der Waals surface area (Å²) in [5.41, 5.74) is 2.19. The molecular weight excluding hydrogens is 399 g/mol. The summed E-state index contributed by atoms with van der Waals surface area (Å²) in [6.07, 6.45) is 3.31. The number of hydrogen-bond acceptors (Lipinski definition) is 3. The lowest BCUT2D eigenvalue weighted by Crippen LogP contribution is -2.24. The summed E-state index contributed by atoms with van der Waals surface area (Å²) in [6, 6.07) is 12.4. The maximum atomic E-state index is 8.20. The molecule has 0 aliphatic heterocycles. The normalized spacial score (nSPS) is 10.5. The maximum absolute atomic E-state index is 8.20. The molecule has 0 saturated heterocycles. The van der Waals surface area contributed by atoms with Gasteiger partial charge in [-0.3, -0.25) is 5.41 Å². The molecule has 0 spiro atoms. The minimum Gasteiger partial charge on any atom is -0.347 e. The van der Waals surface area contributed by atoms with Crippen LogP contribution in [-0.2, 0) is 6.54 Å². The summed E-state index contributed by atoms with van der Waals surface area (Å²) < 4.78 is 2.32. The third-order valence-electron chi connectivity index (χ3n) is 4.58. The highest BCUT2D eigenvalue weighted by atomic mass is 35.5. The van der Waals surface area contributed by atoms with Crippen molar-refractivity contribution in [3.63, 3.8) is 0 Å². The van der Waals surface area contributed by atoms with Crippen molar-refractivity contribution in [3.05, 3.63) is 52.9 Å². The number of amidine groups is 1. The van der Waals surface area contributed by atoms with Gasteiger partial charge in [0, 0.05) is 18.4 Å². The Morgan fingerprint density at radius 3 is 2.59 bits per heavy atom. The van der Waals surface area contributed by atoms with Gasteiger partial charge in [-0.15, -0.1) is 36.2 Å². The number of fused-ring (bicyclic) bond motifs is 1. The molecule has 148 valence electrons. The number of aromatic nitrogens is 1. The summed E-state index contributed by atoms with van der Waals surface area (Å²) in [7, 11) is 0. The number of hydrogen-bond donors (Lipinski definition) is 2. The second-order valence-corrected chi connectivity index (χ2v) is 7.09. The molecule has 2 heterocycles. The number of benzene rings is 1. The standard InChI is InChI=1S/C20H26N4S.2ClH/c1-3-23(4-2)11-6-12-24-13-10-16-8-9-17(15-18(16)24)22-20(21)19-7-5-14-25-19;;/h5,7-10,13-15H,3-4,6,11-12H2,1-2H3,(H2,21,22);2*1H. The zero-order chi connectivity index (χ0) is 17.6. The molecule has 27 heavy (non-hydrogen) atoms. The van der Waals surface area contributed by atoms with Crippen LogP contribution in [0.4, 0.5) is 5.69 Å². The average molecular weight is 427 g/mol. The molecule has 2 aromatic heterocycles. The Hall–Kier alpha value is -1.53. The van der Waals surface area contributed by atoms with Gasteiger partial charge < -0.3 is 14.8 Å². The van der Waals surface area contributed by atoms with Gasteiger partial charge in [0.2, 0.25) is 0 Å². The van der Waals surface area contributed by atoms with E-state index in [1.54, 1.807) is 11.3 Å². The molecule has 0 radical (unpaired) electrons. The topological polar surface area (TPSA) is 44.0 Å². The van der Waals surface area contributed by atoms with E-state index >= 15 is 0 Å². The number of thiophene rings is 1. The van der Waals surface area contributed by atoms with Crippen LogP contribution in [0.3, 0.4) is 0 Å². The van der Waals surface area contributed by atoms with Crippen LogP contribution in [-0.4, -0.2) is 34.9 Å². The summed E-state index contributed by atoms with van der Waals surface area (Å²) in [4.78, 5) is 3.41. The molecule has 0 aliphatic rings. The Kier molecular flexibility index (Phi) is 9.88. The maximum Gasteiger partial charge on any atom is 0.140 e. The van der Waals surface area contributed by atoms with Crippen molar-refractivity contribution in [1.29, 1.82) is 5.41 Å². The molecule has 0 bridgehead atoms. The van der Waals surface area contributed by atoms with Crippen molar-refractivity contribution in [1.82, 2.24) is 9.47 Å².